The van der Waals surface area contributed by atoms with Crippen LogP contribution in [-0.2, 0) is 14.4 Å². The number of rotatable bonds is 7. The number of hydrogen-bond donors (Lipinski definition) is 0. The molecule has 1 aromatic rings. The number of carbonyl (C=O) groups excluding carboxylic acids is 2. The highest BCUT2D eigenvalue weighted by Crippen LogP contribution is 2.23. The fraction of sp³-hybridized carbons (Fsp3) is 0.708. The first kappa shape index (κ1) is 23.0. The first-order chi connectivity index (χ1) is 15.7. The lowest BCUT2D eigenvalue weighted by Crippen LogP contribution is -2.49. The van der Waals surface area contributed by atoms with Gasteiger partial charge in [0.2, 0.25) is 11.8 Å². The molecular weight excluding hydrogens is 406 g/mol. The summed E-state index contributed by atoms with van der Waals surface area (Å²) < 4.78 is 0. The van der Waals surface area contributed by atoms with Gasteiger partial charge in [0.25, 0.3) is 0 Å². The molecule has 4 rings (SSSR count). The van der Waals surface area contributed by atoms with Crippen molar-refractivity contribution < 1.29 is 14.4 Å². The maximum atomic E-state index is 12.8. The van der Waals surface area contributed by atoms with Crippen LogP contribution in [0.2, 0.25) is 0 Å². The first-order valence-electron chi connectivity index (χ1n) is 12.3. The van der Waals surface area contributed by atoms with E-state index in [1.54, 1.807) is 0 Å². The molecule has 3 aliphatic heterocycles. The molecule has 0 saturated carbocycles. The smallest absolute Gasteiger partial charge is 0.223 e. The maximum absolute atomic E-state index is 12.8. The average Bonchev–Trinajstić information content (AvgIpc) is 2.87. The van der Waals surface area contributed by atoms with Gasteiger partial charge in [-0.05, 0) is 50.2 Å². The molecule has 8 nitrogen and oxygen atoms in total. The number of carbonyl (C=O) groups is 2. The van der Waals surface area contributed by atoms with E-state index in [0.717, 1.165) is 90.3 Å². The molecule has 0 bridgehead atoms. The molecular formula is C24H37N5O3. The molecule has 0 aliphatic carbocycles. The zero-order valence-electron chi connectivity index (χ0n) is 19.2. The third-order valence-corrected chi connectivity index (χ3v) is 6.89. The second kappa shape index (κ2) is 11.6. The number of likely N-dealkylation sites (tertiary alicyclic amines) is 1. The molecule has 3 aliphatic rings. The van der Waals surface area contributed by atoms with Crippen LogP contribution in [0.1, 0.15) is 44.9 Å². The van der Waals surface area contributed by atoms with Gasteiger partial charge in [-0.2, -0.15) is 5.06 Å². The highest BCUT2D eigenvalue weighted by molar-refractivity contribution is 5.77. The van der Waals surface area contributed by atoms with E-state index in [4.69, 9.17) is 4.84 Å². The van der Waals surface area contributed by atoms with Crippen molar-refractivity contribution in [3.63, 3.8) is 0 Å². The molecule has 176 valence electrons. The fourth-order valence-electron chi connectivity index (χ4n) is 4.94. The lowest BCUT2D eigenvalue weighted by molar-refractivity contribution is -0.182. The Morgan fingerprint density at radius 2 is 1.78 bits per heavy atom. The molecule has 1 aromatic heterocycles. The van der Waals surface area contributed by atoms with E-state index in [9.17, 15) is 9.59 Å². The van der Waals surface area contributed by atoms with Crippen LogP contribution in [0.15, 0.2) is 24.4 Å². The lowest BCUT2D eigenvalue weighted by atomic mass is 9.93. The Hall–Kier alpha value is -2.19. The van der Waals surface area contributed by atoms with E-state index < -0.39 is 0 Å². The van der Waals surface area contributed by atoms with E-state index >= 15 is 0 Å². The third-order valence-electron chi connectivity index (χ3n) is 6.89. The van der Waals surface area contributed by atoms with Crippen molar-refractivity contribution in [3.8, 4) is 0 Å². The summed E-state index contributed by atoms with van der Waals surface area (Å²) in [6, 6.07) is 5.94. The second-order valence-electron chi connectivity index (χ2n) is 9.16. The van der Waals surface area contributed by atoms with Crippen LogP contribution >= 0.6 is 0 Å². The molecule has 0 radical (unpaired) electrons. The van der Waals surface area contributed by atoms with Crippen molar-refractivity contribution in [2.24, 2.45) is 5.92 Å². The van der Waals surface area contributed by atoms with Crippen molar-refractivity contribution >= 4 is 17.6 Å². The van der Waals surface area contributed by atoms with Crippen molar-refractivity contribution in [2.75, 3.05) is 63.9 Å². The summed E-state index contributed by atoms with van der Waals surface area (Å²) >= 11 is 0. The van der Waals surface area contributed by atoms with Gasteiger partial charge >= 0.3 is 0 Å². The summed E-state index contributed by atoms with van der Waals surface area (Å²) in [6.07, 6.45) is 8.19. The number of anilines is 1. The molecule has 1 unspecified atom stereocenters. The van der Waals surface area contributed by atoms with Gasteiger partial charge in [-0.15, -0.1) is 0 Å². The largest absolute Gasteiger partial charge is 0.353 e. The Morgan fingerprint density at radius 3 is 2.53 bits per heavy atom. The molecule has 3 fully saturated rings. The van der Waals surface area contributed by atoms with Crippen LogP contribution in [0.5, 0.6) is 0 Å². The van der Waals surface area contributed by atoms with Gasteiger partial charge in [0.1, 0.15) is 5.82 Å². The highest BCUT2D eigenvalue weighted by atomic mass is 16.7. The number of amides is 2. The van der Waals surface area contributed by atoms with Crippen LogP contribution in [0.25, 0.3) is 0 Å². The summed E-state index contributed by atoms with van der Waals surface area (Å²) in [5.41, 5.74) is 0. The predicted octanol–water partition coefficient (Wildman–Crippen LogP) is 2.17. The Labute approximate surface area is 191 Å². The standard InChI is InChI=1S/C24H37N5O3/c30-23(27-17-15-26(16-18-27)22-7-1-2-11-25-22)9-8-21-6-5-12-28(20-21)24(31)10-14-29-13-3-4-19-32-29/h1-2,7,11,21H,3-6,8-10,12-20H2. The molecule has 32 heavy (non-hydrogen) atoms. The number of piperidine rings is 1. The second-order valence-corrected chi connectivity index (χ2v) is 9.16. The lowest BCUT2D eigenvalue weighted by Gasteiger charge is -2.36. The molecule has 2 amide bonds. The number of pyridine rings is 1. The Morgan fingerprint density at radius 1 is 0.938 bits per heavy atom. The van der Waals surface area contributed by atoms with Crippen LogP contribution in [0.3, 0.4) is 0 Å². The van der Waals surface area contributed by atoms with Crippen molar-refractivity contribution in [1.29, 1.82) is 0 Å². The number of piperazine rings is 1. The minimum Gasteiger partial charge on any atom is -0.353 e. The maximum Gasteiger partial charge on any atom is 0.223 e. The summed E-state index contributed by atoms with van der Waals surface area (Å²) in [5.74, 6) is 1.88. The van der Waals surface area contributed by atoms with E-state index in [2.05, 4.69) is 9.88 Å². The summed E-state index contributed by atoms with van der Waals surface area (Å²) in [5, 5.41) is 1.94. The first-order valence-corrected chi connectivity index (χ1v) is 12.3. The summed E-state index contributed by atoms with van der Waals surface area (Å²) in [6.45, 7) is 7.18. The molecule has 4 heterocycles. The van der Waals surface area contributed by atoms with Gasteiger partial charge in [0.15, 0.2) is 0 Å². The average molecular weight is 444 g/mol. The van der Waals surface area contributed by atoms with Gasteiger partial charge in [-0.1, -0.05) is 6.07 Å². The molecule has 1 atom stereocenters. The minimum atomic E-state index is 0.223. The van der Waals surface area contributed by atoms with E-state index in [1.807, 2.05) is 39.3 Å². The summed E-state index contributed by atoms with van der Waals surface area (Å²) in [7, 11) is 0. The van der Waals surface area contributed by atoms with Gasteiger partial charge in [-0.25, -0.2) is 4.98 Å². The fourth-order valence-corrected chi connectivity index (χ4v) is 4.94. The molecule has 0 aromatic carbocycles. The number of hydrogen-bond acceptors (Lipinski definition) is 6. The molecule has 8 heteroatoms. The normalized spacial score (nSPS) is 22.8. The molecule has 3 saturated heterocycles. The topological polar surface area (TPSA) is 69.2 Å². The number of nitrogens with zero attached hydrogens (tertiary/aromatic N) is 5. The van der Waals surface area contributed by atoms with E-state index in [1.165, 1.54) is 0 Å². The van der Waals surface area contributed by atoms with E-state index in [0.29, 0.717) is 25.3 Å². The van der Waals surface area contributed by atoms with Crippen LogP contribution < -0.4 is 4.90 Å². The zero-order chi connectivity index (χ0) is 22.2. The number of hydroxylamine groups is 2. The van der Waals surface area contributed by atoms with Crippen molar-refractivity contribution in [2.45, 2.75) is 44.9 Å². The monoisotopic (exact) mass is 443 g/mol. The minimum absolute atomic E-state index is 0.223. The van der Waals surface area contributed by atoms with Gasteiger partial charge < -0.3 is 14.7 Å². The van der Waals surface area contributed by atoms with Gasteiger partial charge in [-0.3, -0.25) is 14.4 Å². The van der Waals surface area contributed by atoms with E-state index in [-0.39, 0.29) is 11.8 Å². The van der Waals surface area contributed by atoms with Crippen molar-refractivity contribution in [3.05, 3.63) is 24.4 Å². The third kappa shape index (κ3) is 6.42. The Kier molecular flexibility index (Phi) is 8.34. The molecule has 0 spiro atoms. The summed E-state index contributed by atoms with van der Waals surface area (Å²) in [4.78, 5) is 41.7. The zero-order valence-corrected chi connectivity index (χ0v) is 19.2. The SMILES string of the molecule is O=C(CCC1CCCN(C(=O)CCN2CCCCO2)C1)N1CCN(c2ccccn2)CC1. The molecule has 0 N–H and O–H groups in total. The van der Waals surface area contributed by atoms with Crippen LogP contribution in [0, 0.1) is 5.92 Å². The highest BCUT2D eigenvalue weighted by Gasteiger charge is 2.26. The Balaban J connectivity index is 1.15. The Bertz CT molecular complexity index is 732. The number of aromatic nitrogens is 1. The predicted molar refractivity (Wildman–Crippen MR) is 123 cm³/mol. The van der Waals surface area contributed by atoms with Crippen LogP contribution in [0.4, 0.5) is 5.82 Å². The van der Waals surface area contributed by atoms with Gasteiger partial charge in [0.05, 0.1) is 6.61 Å². The quantitative estimate of drug-likeness (QED) is 0.643. The van der Waals surface area contributed by atoms with Crippen LogP contribution in [-0.4, -0.2) is 90.6 Å². The van der Waals surface area contributed by atoms with Gasteiger partial charge in [0, 0.05) is 71.4 Å². The van der Waals surface area contributed by atoms with Crippen molar-refractivity contribution in [1.82, 2.24) is 19.8 Å².